The summed E-state index contributed by atoms with van der Waals surface area (Å²) in [6.07, 6.45) is 0. The lowest BCUT2D eigenvalue weighted by Crippen LogP contribution is -1.97. The third-order valence-corrected chi connectivity index (χ3v) is 4.02. The fourth-order valence-corrected chi connectivity index (χ4v) is 2.74. The average Bonchev–Trinajstić information content (AvgIpc) is 2.60. The minimum absolute atomic E-state index is 0.374. The molecule has 2 aromatic carbocycles. The van der Waals surface area contributed by atoms with Gasteiger partial charge in [-0.25, -0.2) is 4.98 Å². The Morgan fingerprint density at radius 3 is 2.30 bits per heavy atom. The molecule has 23 heavy (non-hydrogen) atoms. The smallest absolute Gasteiger partial charge is 0.119 e. The fourth-order valence-electron chi connectivity index (χ4n) is 2.74. The Bertz CT molecular complexity index is 840. The second-order valence-corrected chi connectivity index (χ2v) is 5.87. The lowest BCUT2D eigenvalue weighted by atomic mass is 9.95. The molecule has 0 N–H and O–H groups in total. The summed E-state index contributed by atoms with van der Waals surface area (Å²) in [6, 6.07) is 16.2. The molecule has 0 atom stereocenters. The predicted molar refractivity (Wildman–Crippen MR) is 94.4 cm³/mol. The first-order valence-electron chi connectivity index (χ1n) is 7.75. The molecule has 0 bridgehead atoms. The number of nitrogens with zero attached hydrogens (tertiary/aromatic N) is 1. The Hall–Kier alpha value is -2.55. The van der Waals surface area contributed by atoms with E-state index in [1.165, 1.54) is 5.56 Å². The highest BCUT2D eigenvalue weighted by molar-refractivity contribution is 5.85. The van der Waals surface area contributed by atoms with Crippen LogP contribution in [0.25, 0.3) is 22.2 Å². The zero-order valence-corrected chi connectivity index (χ0v) is 14.0. The summed E-state index contributed by atoms with van der Waals surface area (Å²) in [5.74, 6) is 2.07. The largest absolute Gasteiger partial charge is 0.497 e. The van der Waals surface area contributed by atoms with Gasteiger partial charge < -0.3 is 9.47 Å². The van der Waals surface area contributed by atoms with Crippen LogP contribution in [0.3, 0.4) is 0 Å². The summed E-state index contributed by atoms with van der Waals surface area (Å²) >= 11 is 0. The monoisotopic (exact) mass is 307 g/mol. The van der Waals surface area contributed by atoms with E-state index in [1.54, 1.807) is 14.2 Å². The molecule has 3 heteroatoms. The van der Waals surface area contributed by atoms with Crippen LogP contribution in [0.5, 0.6) is 11.5 Å². The number of pyridine rings is 1. The summed E-state index contributed by atoms with van der Waals surface area (Å²) in [7, 11) is 3.37. The van der Waals surface area contributed by atoms with Gasteiger partial charge in [-0.1, -0.05) is 26.0 Å². The van der Waals surface area contributed by atoms with Crippen LogP contribution in [0.1, 0.15) is 25.3 Å². The van der Waals surface area contributed by atoms with Crippen molar-refractivity contribution in [3.63, 3.8) is 0 Å². The van der Waals surface area contributed by atoms with Gasteiger partial charge in [0.1, 0.15) is 11.5 Å². The number of ether oxygens (including phenoxy) is 2. The SMILES string of the molecule is COc1cccc(-c2nc3ccc(OC)cc3cc2C(C)C)c1. The van der Waals surface area contributed by atoms with E-state index in [1.807, 2.05) is 36.4 Å². The highest BCUT2D eigenvalue weighted by Crippen LogP contribution is 2.33. The van der Waals surface area contributed by atoms with Gasteiger partial charge in [0.2, 0.25) is 0 Å². The first kappa shape index (κ1) is 15.3. The van der Waals surface area contributed by atoms with E-state index in [-0.39, 0.29) is 0 Å². The molecule has 1 aromatic heterocycles. The van der Waals surface area contributed by atoms with Crippen molar-refractivity contribution >= 4 is 10.9 Å². The minimum Gasteiger partial charge on any atom is -0.497 e. The summed E-state index contributed by atoms with van der Waals surface area (Å²) in [4.78, 5) is 4.91. The van der Waals surface area contributed by atoms with Crippen molar-refractivity contribution in [2.75, 3.05) is 14.2 Å². The summed E-state index contributed by atoms with van der Waals surface area (Å²) in [6.45, 7) is 4.37. The second-order valence-electron chi connectivity index (χ2n) is 5.87. The maximum Gasteiger partial charge on any atom is 0.119 e. The Kier molecular flexibility index (Phi) is 4.20. The van der Waals surface area contributed by atoms with Crippen molar-refractivity contribution in [2.45, 2.75) is 19.8 Å². The Morgan fingerprint density at radius 2 is 1.61 bits per heavy atom. The highest BCUT2D eigenvalue weighted by Gasteiger charge is 2.13. The molecule has 118 valence electrons. The van der Waals surface area contributed by atoms with E-state index in [0.29, 0.717) is 5.92 Å². The van der Waals surface area contributed by atoms with E-state index >= 15 is 0 Å². The molecule has 3 aromatic rings. The Morgan fingerprint density at radius 1 is 0.870 bits per heavy atom. The van der Waals surface area contributed by atoms with Crippen molar-refractivity contribution in [3.05, 3.63) is 54.1 Å². The van der Waals surface area contributed by atoms with Crippen LogP contribution >= 0.6 is 0 Å². The Labute approximate surface area is 136 Å². The number of hydrogen-bond acceptors (Lipinski definition) is 3. The molecule has 0 amide bonds. The molecule has 0 spiro atoms. The number of hydrogen-bond donors (Lipinski definition) is 0. The van der Waals surface area contributed by atoms with Crippen molar-refractivity contribution in [2.24, 2.45) is 0 Å². The summed E-state index contributed by atoms with van der Waals surface area (Å²) in [5, 5.41) is 1.10. The molecule has 0 fully saturated rings. The van der Waals surface area contributed by atoms with Gasteiger partial charge in [0, 0.05) is 10.9 Å². The Balaban J connectivity index is 2.23. The van der Waals surface area contributed by atoms with Gasteiger partial charge >= 0.3 is 0 Å². The van der Waals surface area contributed by atoms with E-state index in [0.717, 1.165) is 33.7 Å². The molecule has 3 nitrogen and oxygen atoms in total. The van der Waals surface area contributed by atoms with E-state index < -0.39 is 0 Å². The quantitative estimate of drug-likeness (QED) is 0.676. The van der Waals surface area contributed by atoms with Crippen LogP contribution in [0, 0.1) is 0 Å². The van der Waals surface area contributed by atoms with Crippen LogP contribution in [0.15, 0.2) is 48.5 Å². The standard InChI is InChI=1S/C20H21NO2/c1-13(2)18-12-15-11-17(23-4)8-9-19(15)21-20(18)14-6-5-7-16(10-14)22-3/h5-13H,1-4H3. The van der Waals surface area contributed by atoms with Crippen LogP contribution in [0.4, 0.5) is 0 Å². The fraction of sp³-hybridized carbons (Fsp3) is 0.250. The van der Waals surface area contributed by atoms with Gasteiger partial charge in [-0.15, -0.1) is 0 Å². The van der Waals surface area contributed by atoms with Gasteiger partial charge in [-0.2, -0.15) is 0 Å². The predicted octanol–water partition coefficient (Wildman–Crippen LogP) is 5.04. The van der Waals surface area contributed by atoms with Gasteiger partial charge in [0.05, 0.1) is 25.4 Å². The topological polar surface area (TPSA) is 31.4 Å². The van der Waals surface area contributed by atoms with Crippen LogP contribution in [0.2, 0.25) is 0 Å². The molecular formula is C20H21NO2. The van der Waals surface area contributed by atoms with Gasteiger partial charge in [0.15, 0.2) is 0 Å². The summed E-state index contributed by atoms with van der Waals surface area (Å²) in [5.41, 5.74) is 4.27. The molecular weight excluding hydrogens is 286 g/mol. The van der Waals surface area contributed by atoms with Gasteiger partial charge in [-0.3, -0.25) is 0 Å². The second kappa shape index (κ2) is 6.29. The number of methoxy groups -OCH3 is 2. The minimum atomic E-state index is 0.374. The third-order valence-electron chi connectivity index (χ3n) is 4.02. The van der Waals surface area contributed by atoms with Gasteiger partial charge in [0.25, 0.3) is 0 Å². The molecule has 3 rings (SSSR count). The maximum absolute atomic E-state index is 5.35. The number of rotatable bonds is 4. The zero-order valence-electron chi connectivity index (χ0n) is 14.0. The highest BCUT2D eigenvalue weighted by atomic mass is 16.5. The van der Waals surface area contributed by atoms with Crippen molar-refractivity contribution in [3.8, 4) is 22.8 Å². The molecule has 0 saturated carbocycles. The number of fused-ring (bicyclic) bond motifs is 1. The maximum atomic E-state index is 5.35. The first-order chi connectivity index (χ1) is 11.1. The molecule has 0 aliphatic carbocycles. The van der Waals surface area contributed by atoms with Crippen LogP contribution in [-0.2, 0) is 0 Å². The molecule has 1 heterocycles. The lowest BCUT2D eigenvalue weighted by molar-refractivity contribution is 0.415. The van der Waals surface area contributed by atoms with Crippen LogP contribution < -0.4 is 9.47 Å². The molecule has 0 saturated heterocycles. The zero-order chi connectivity index (χ0) is 16.4. The molecule has 0 radical (unpaired) electrons. The molecule has 0 unspecified atom stereocenters. The van der Waals surface area contributed by atoms with Gasteiger partial charge in [-0.05, 0) is 47.9 Å². The number of aromatic nitrogens is 1. The molecule has 0 aliphatic rings. The van der Waals surface area contributed by atoms with E-state index in [9.17, 15) is 0 Å². The average molecular weight is 307 g/mol. The number of benzene rings is 2. The lowest BCUT2D eigenvalue weighted by Gasteiger charge is -2.15. The van der Waals surface area contributed by atoms with Crippen molar-refractivity contribution in [1.29, 1.82) is 0 Å². The van der Waals surface area contributed by atoms with Crippen LogP contribution in [-0.4, -0.2) is 19.2 Å². The van der Waals surface area contributed by atoms with Crippen molar-refractivity contribution < 1.29 is 9.47 Å². The van der Waals surface area contributed by atoms with Crippen molar-refractivity contribution in [1.82, 2.24) is 4.98 Å². The first-order valence-corrected chi connectivity index (χ1v) is 7.75. The summed E-state index contributed by atoms with van der Waals surface area (Å²) < 4.78 is 10.7. The third kappa shape index (κ3) is 3.00. The molecule has 0 aliphatic heterocycles. The normalized spacial score (nSPS) is 11.0. The van der Waals surface area contributed by atoms with E-state index in [2.05, 4.69) is 26.0 Å². The van der Waals surface area contributed by atoms with E-state index in [4.69, 9.17) is 14.5 Å².